The van der Waals surface area contributed by atoms with E-state index in [2.05, 4.69) is 10.2 Å². The van der Waals surface area contributed by atoms with Gasteiger partial charge in [0.2, 0.25) is 0 Å². The van der Waals surface area contributed by atoms with E-state index < -0.39 is 0 Å². The van der Waals surface area contributed by atoms with Crippen molar-refractivity contribution in [3.05, 3.63) is 88.6 Å². The Hall–Kier alpha value is -3.97. The van der Waals surface area contributed by atoms with Gasteiger partial charge in [-0.15, -0.1) is 0 Å². The fraction of sp³-hybridized carbons (Fsp3) is 0.185. The predicted octanol–water partition coefficient (Wildman–Crippen LogP) is 4.68. The summed E-state index contributed by atoms with van der Waals surface area (Å²) in [4.78, 5) is 29.8. The molecule has 1 fully saturated rings. The van der Waals surface area contributed by atoms with Gasteiger partial charge in [-0.05, 0) is 54.1 Å². The second-order valence-electron chi connectivity index (χ2n) is 8.31. The molecule has 2 aliphatic heterocycles. The standard InChI is InChI=1S/C27H24ClN3O4/c1-34-22-4-2-3-21(17-22)30-11-13-31(14-12-30)27(33)19-7-10-24-23(16-19)29-26(32)25(35-24)15-18-5-8-20(28)9-6-18/h2-10,15-17H,11-14H2,1H3,(H,29,32)/b25-15-. The van der Waals surface area contributed by atoms with Crippen LogP contribution < -0.4 is 19.7 Å². The number of nitrogens with zero attached hydrogens (tertiary/aromatic N) is 2. The zero-order valence-corrected chi connectivity index (χ0v) is 19.9. The third-order valence-electron chi connectivity index (χ3n) is 6.07. The van der Waals surface area contributed by atoms with Crippen LogP contribution in [0.25, 0.3) is 6.08 Å². The molecule has 178 valence electrons. The molecule has 1 saturated heterocycles. The Balaban J connectivity index is 1.26. The van der Waals surface area contributed by atoms with Crippen LogP contribution in [0.2, 0.25) is 5.02 Å². The molecule has 2 amide bonds. The van der Waals surface area contributed by atoms with E-state index in [0.717, 1.165) is 30.1 Å². The third-order valence-corrected chi connectivity index (χ3v) is 6.32. The summed E-state index contributed by atoms with van der Waals surface area (Å²) in [6, 6.07) is 20.1. The maximum atomic E-state index is 13.2. The SMILES string of the molecule is COc1cccc(N2CCN(C(=O)c3ccc4c(c3)NC(=O)/C(=C/c3ccc(Cl)cc3)O4)CC2)c1. The highest BCUT2D eigenvalue weighted by atomic mass is 35.5. The minimum atomic E-state index is -0.371. The van der Waals surface area contributed by atoms with Crippen molar-refractivity contribution in [1.29, 1.82) is 0 Å². The molecule has 0 spiro atoms. The van der Waals surface area contributed by atoms with Crippen LogP contribution in [0.3, 0.4) is 0 Å². The van der Waals surface area contributed by atoms with Gasteiger partial charge < -0.3 is 24.6 Å². The maximum absolute atomic E-state index is 13.2. The molecule has 3 aromatic carbocycles. The van der Waals surface area contributed by atoms with Crippen molar-refractivity contribution in [2.24, 2.45) is 0 Å². The quantitative estimate of drug-likeness (QED) is 0.539. The highest BCUT2D eigenvalue weighted by Crippen LogP contribution is 2.33. The molecular weight excluding hydrogens is 466 g/mol. The first kappa shape index (κ1) is 22.8. The minimum Gasteiger partial charge on any atom is -0.497 e. The predicted molar refractivity (Wildman–Crippen MR) is 136 cm³/mol. The van der Waals surface area contributed by atoms with E-state index in [9.17, 15) is 9.59 Å². The topological polar surface area (TPSA) is 71.1 Å². The molecule has 2 aliphatic rings. The van der Waals surface area contributed by atoms with Crippen LogP contribution in [0, 0.1) is 0 Å². The Kier molecular flexibility index (Phi) is 6.33. The summed E-state index contributed by atoms with van der Waals surface area (Å²) in [6.45, 7) is 2.65. The molecule has 0 saturated carbocycles. The molecular formula is C27H24ClN3O4. The van der Waals surface area contributed by atoms with E-state index in [1.54, 1.807) is 55.7 Å². The zero-order chi connectivity index (χ0) is 24.4. The molecule has 0 aromatic heterocycles. The van der Waals surface area contributed by atoms with Crippen molar-refractivity contribution in [1.82, 2.24) is 4.90 Å². The third kappa shape index (κ3) is 4.95. The Bertz CT molecular complexity index is 1300. The van der Waals surface area contributed by atoms with E-state index >= 15 is 0 Å². The van der Waals surface area contributed by atoms with Crippen LogP contribution in [0.4, 0.5) is 11.4 Å². The van der Waals surface area contributed by atoms with Gasteiger partial charge in [-0.25, -0.2) is 0 Å². The van der Waals surface area contributed by atoms with Gasteiger partial charge in [-0.1, -0.05) is 29.8 Å². The first-order valence-corrected chi connectivity index (χ1v) is 11.7. The van der Waals surface area contributed by atoms with Crippen LogP contribution in [0.1, 0.15) is 15.9 Å². The molecule has 5 rings (SSSR count). The molecule has 8 heteroatoms. The lowest BCUT2D eigenvalue weighted by molar-refractivity contribution is -0.115. The van der Waals surface area contributed by atoms with E-state index in [-0.39, 0.29) is 17.6 Å². The number of carbonyl (C=O) groups excluding carboxylic acids is 2. The van der Waals surface area contributed by atoms with E-state index in [0.29, 0.717) is 35.1 Å². The van der Waals surface area contributed by atoms with Crippen molar-refractivity contribution >= 4 is 40.9 Å². The van der Waals surface area contributed by atoms with Crippen molar-refractivity contribution in [2.75, 3.05) is 43.5 Å². The average molecular weight is 490 g/mol. The molecule has 3 aromatic rings. The number of anilines is 2. The van der Waals surface area contributed by atoms with Crippen LogP contribution in [-0.2, 0) is 4.79 Å². The lowest BCUT2D eigenvalue weighted by Gasteiger charge is -2.36. The van der Waals surface area contributed by atoms with Gasteiger partial charge in [0, 0.05) is 48.5 Å². The van der Waals surface area contributed by atoms with Gasteiger partial charge in [-0.3, -0.25) is 9.59 Å². The van der Waals surface area contributed by atoms with Crippen LogP contribution in [0.15, 0.2) is 72.5 Å². The smallest absolute Gasteiger partial charge is 0.291 e. The molecule has 2 heterocycles. The zero-order valence-electron chi connectivity index (χ0n) is 19.2. The fourth-order valence-corrected chi connectivity index (χ4v) is 4.29. The molecule has 0 bridgehead atoms. The number of rotatable bonds is 4. The van der Waals surface area contributed by atoms with E-state index in [4.69, 9.17) is 21.1 Å². The highest BCUT2D eigenvalue weighted by molar-refractivity contribution is 6.30. The van der Waals surface area contributed by atoms with Crippen molar-refractivity contribution in [3.63, 3.8) is 0 Å². The van der Waals surface area contributed by atoms with Crippen LogP contribution in [0.5, 0.6) is 11.5 Å². The number of hydrogen-bond donors (Lipinski definition) is 1. The monoisotopic (exact) mass is 489 g/mol. The number of fused-ring (bicyclic) bond motifs is 1. The Morgan fingerprint density at radius 2 is 1.80 bits per heavy atom. The second-order valence-corrected chi connectivity index (χ2v) is 8.74. The summed E-state index contributed by atoms with van der Waals surface area (Å²) in [5.41, 5.74) is 2.85. The highest BCUT2D eigenvalue weighted by Gasteiger charge is 2.26. The number of nitrogens with one attached hydrogen (secondary N) is 1. The van der Waals surface area contributed by atoms with Gasteiger partial charge >= 0.3 is 0 Å². The molecule has 0 aliphatic carbocycles. The Morgan fingerprint density at radius 1 is 1.03 bits per heavy atom. The normalized spacial score (nSPS) is 16.4. The van der Waals surface area contributed by atoms with Crippen LogP contribution in [-0.4, -0.2) is 50.0 Å². The molecule has 35 heavy (non-hydrogen) atoms. The lowest BCUT2D eigenvalue weighted by atomic mass is 10.1. The average Bonchev–Trinajstić information content (AvgIpc) is 2.90. The number of halogens is 1. The van der Waals surface area contributed by atoms with Crippen molar-refractivity contribution in [3.8, 4) is 11.5 Å². The second kappa shape index (κ2) is 9.72. The van der Waals surface area contributed by atoms with E-state index in [1.165, 1.54) is 0 Å². The number of piperazine rings is 1. The maximum Gasteiger partial charge on any atom is 0.291 e. The van der Waals surface area contributed by atoms with Crippen LogP contribution >= 0.6 is 11.6 Å². The summed E-state index contributed by atoms with van der Waals surface area (Å²) in [5.74, 6) is 1.03. The molecule has 0 unspecified atom stereocenters. The molecule has 0 atom stereocenters. The minimum absolute atomic E-state index is 0.0742. The number of benzene rings is 3. The first-order chi connectivity index (χ1) is 17.0. The number of methoxy groups -OCH3 is 1. The summed E-state index contributed by atoms with van der Waals surface area (Å²) >= 11 is 5.92. The van der Waals surface area contributed by atoms with E-state index in [1.807, 2.05) is 29.2 Å². The van der Waals surface area contributed by atoms with Gasteiger partial charge in [0.25, 0.3) is 11.8 Å². The number of amides is 2. The largest absolute Gasteiger partial charge is 0.497 e. The Labute approximate surface area is 208 Å². The summed E-state index contributed by atoms with van der Waals surface area (Å²) in [6.07, 6.45) is 1.65. The van der Waals surface area contributed by atoms with Gasteiger partial charge in [0.05, 0.1) is 12.8 Å². The summed E-state index contributed by atoms with van der Waals surface area (Å²) in [7, 11) is 1.65. The molecule has 1 N–H and O–H groups in total. The first-order valence-electron chi connectivity index (χ1n) is 11.3. The Morgan fingerprint density at radius 3 is 2.54 bits per heavy atom. The summed E-state index contributed by atoms with van der Waals surface area (Å²) < 4.78 is 11.1. The van der Waals surface area contributed by atoms with Gasteiger partial charge in [0.15, 0.2) is 11.5 Å². The number of ether oxygens (including phenoxy) is 2. The molecule has 7 nitrogen and oxygen atoms in total. The number of carbonyl (C=O) groups is 2. The van der Waals surface area contributed by atoms with Crippen molar-refractivity contribution in [2.45, 2.75) is 0 Å². The number of hydrogen-bond acceptors (Lipinski definition) is 5. The van der Waals surface area contributed by atoms with Crippen molar-refractivity contribution < 1.29 is 19.1 Å². The van der Waals surface area contributed by atoms with Gasteiger partial charge in [0.1, 0.15) is 5.75 Å². The molecule has 0 radical (unpaired) electrons. The van der Waals surface area contributed by atoms with Gasteiger partial charge in [-0.2, -0.15) is 0 Å². The summed E-state index contributed by atoms with van der Waals surface area (Å²) in [5, 5.41) is 3.45. The fourth-order valence-electron chi connectivity index (χ4n) is 4.16. The lowest BCUT2D eigenvalue weighted by Crippen LogP contribution is -2.48.